The fourth-order valence-electron chi connectivity index (χ4n) is 1.61. The summed E-state index contributed by atoms with van der Waals surface area (Å²) in [4.78, 5) is 10.7. The van der Waals surface area contributed by atoms with E-state index in [1.165, 1.54) is 0 Å². The summed E-state index contributed by atoms with van der Waals surface area (Å²) in [5, 5.41) is 8.85. The van der Waals surface area contributed by atoms with Crippen molar-refractivity contribution >= 4 is 6.16 Å². The average Bonchev–Trinajstić information content (AvgIpc) is 2.52. The highest BCUT2D eigenvalue weighted by Gasteiger charge is 2.51. The third-order valence-electron chi connectivity index (χ3n) is 2.19. The molecule has 2 saturated heterocycles. The third kappa shape index (κ3) is 0.971. The second kappa shape index (κ2) is 2.60. The Balaban J connectivity index is 2.13. The van der Waals surface area contributed by atoms with E-state index < -0.39 is 18.4 Å². The highest BCUT2D eigenvalue weighted by Crippen LogP contribution is 2.31. The number of aliphatic hydroxyl groups is 1. The molecule has 2 aliphatic rings. The van der Waals surface area contributed by atoms with Crippen LogP contribution in [-0.2, 0) is 14.2 Å². The van der Waals surface area contributed by atoms with Gasteiger partial charge < -0.3 is 19.3 Å². The minimum absolute atomic E-state index is 0.151. The maximum atomic E-state index is 10.7. The van der Waals surface area contributed by atoms with Gasteiger partial charge in [0, 0.05) is 0 Å². The minimum atomic E-state index is -0.668. The number of aliphatic hydroxyl groups excluding tert-OH is 1. The molecule has 0 bridgehead atoms. The van der Waals surface area contributed by atoms with Gasteiger partial charge in [-0.1, -0.05) is 0 Å². The highest BCUT2D eigenvalue weighted by atomic mass is 16.8. The molecule has 0 saturated carbocycles. The van der Waals surface area contributed by atoms with E-state index in [1.807, 2.05) is 0 Å². The molecule has 2 aliphatic heterocycles. The Morgan fingerprint density at radius 1 is 1.42 bits per heavy atom. The number of carbonyl (C=O) groups is 1. The molecule has 2 fully saturated rings. The number of hydrogen-bond acceptors (Lipinski definition) is 5. The number of ether oxygens (including phenoxy) is 3. The van der Waals surface area contributed by atoms with Crippen LogP contribution in [0.3, 0.4) is 0 Å². The van der Waals surface area contributed by atoms with Gasteiger partial charge in [0.1, 0.15) is 6.10 Å². The fraction of sp³-hybridized carbons (Fsp3) is 0.857. The van der Waals surface area contributed by atoms with Crippen molar-refractivity contribution in [1.82, 2.24) is 0 Å². The fourth-order valence-corrected chi connectivity index (χ4v) is 1.61. The molecule has 12 heavy (non-hydrogen) atoms. The predicted molar refractivity (Wildman–Crippen MR) is 36.6 cm³/mol. The van der Waals surface area contributed by atoms with E-state index in [1.54, 1.807) is 6.92 Å². The molecule has 0 spiro atoms. The summed E-state index contributed by atoms with van der Waals surface area (Å²) in [6.07, 6.45) is -2.08. The van der Waals surface area contributed by atoms with Crippen LogP contribution < -0.4 is 0 Å². The summed E-state index contributed by atoms with van der Waals surface area (Å²) >= 11 is 0. The van der Waals surface area contributed by atoms with Gasteiger partial charge in [0.25, 0.3) is 0 Å². The van der Waals surface area contributed by atoms with Gasteiger partial charge in [-0.25, -0.2) is 4.79 Å². The molecule has 0 aromatic rings. The van der Waals surface area contributed by atoms with Crippen molar-refractivity contribution in [2.45, 2.75) is 31.3 Å². The third-order valence-corrected chi connectivity index (χ3v) is 2.19. The van der Waals surface area contributed by atoms with Crippen molar-refractivity contribution in [3.05, 3.63) is 0 Å². The Morgan fingerprint density at radius 2 is 2.08 bits per heavy atom. The first-order valence-electron chi connectivity index (χ1n) is 3.86. The summed E-state index contributed by atoms with van der Waals surface area (Å²) in [6.45, 7) is 1.64. The van der Waals surface area contributed by atoms with Crippen molar-refractivity contribution in [3.8, 4) is 0 Å². The molecule has 5 nitrogen and oxygen atoms in total. The maximum Gasteiger partial charge on any atom is 0.509 e. The lowest BCUT2D eigenvalue weighted by Gasteiger charge is -2.10. The SMILES string of the molecule is CC1OC(CO)C2OC(=O)OC12. The standard InChI is InChI=1S/C7H10O5/c1-3-5-6(4(2-8)10-3)12-7(9)11-5/h3-6,8H,2H2,1H3. The van der Waals surface area contributed by atoms with Gasteiger partial charge in [0.2, 0.25) is 0 Å². The lowest BCUT2D eigenvalue weighted by Crippen LogP contribution is -2.30. The van der Waals surface area contributed by atoms with Gasteiger partial charge in [-0.15, -0.1) is 0 Å². The van der Waals surface area contributed by atoms with Crippen molar-refractivity contribution in [2.24, 2.45) is 0 Å². The maximum absolute atomic E-state index is 10.7. The minimum Gasteiger partial charge on any atom is -0.424 e. The van der Waals surface area contributed by atoms with Crippen molar-refractivity contribution < 1.29 is 24.1 Å². The van der Waals surface area contributed by atoms with Gasteiger partial charge in [-0.2, -0.15) is 0 Å². The first-order chi connectivity index (χ1) is 5.72. The molecule has 2 heterocycles. The van der Waals surface area contributed by atoms with Crippen LogP contribution in [0.15, 0.2) is 0 Å². The summed E-state index contributed by atoms with van der Waals surface area (Å²) in [6, 6.07) is 0. The van der Waals surface area contributed by atoms with Crippen molar-refractivity contribution in [3.63, 3.8) is 0 Å². The normalized spacial score (nSPS) is 45.3. The van der Waals surface area contributed by atoms with Gasteiger partial charge in [-0.05, 0) is 6.92 Å². The monoisotopic (exact) mass is 174 g/mol. The Hall–Kier alpha value is -0.810. The molecule has 0 amide bonds. The number of fused-ring (bicyclic) bond motifs is 1. The Morgan fingerprint density at radius 3 is 2.75 bits per heavy atom. The van der Waals surface area contributed by atoms with Gasteiger partial charge in [-0.3, -0.25) is 0 Å². The second-order valence-electron chi connectivity index (χ2n) is 2.98. The van der Waals surface area contributed by atoms with Crippen molar-refractivity contribution in [2.75, 3.05) is 6.61 Å². The van der Waals surface area contributed by atoms with Gasteiger partial charge in [0.15, 0.2) is 12.2 Å². The van der Waals surface area contributed by atoms with Gasteiger partial charge in [0.05, 0.1) is 12.7 Å². The summed E-state index contributed by atoms with van der Waals surface area (Å²) in [5.74, 6) is 0. The van der Waals surface area contributed by atoms with Crippen LogP contribution in [0.2, 0.25) is 0 Å². The second-order valence-corrected chi connectivity index (χ2v) is 2.98. The zero-order valence-corrected chi connectivity index (χ0v) is 6.60. The molecular formula is C7H10O5. The summed E-state index contributed by atoms with van der Waals surface area (Å²) < 4.78 is 14.9. The van der Waals surface area contributed by atoms with E-state index in [0.717, 1.165) is 0 Å². The van der Waals surface area contributed by atoms with Crippen LogP contribution in [-0.4, -0.2) is 42.3 Å². The molecule has 4 atom stereocenters. The summed E-state index contributed by atoms with van der Waals surface area (Å²) in [7, 11) is 0. The molecule has 4 unspecified atom stereocenters. The smallest absolute Gasteiger partial charge is 0.424 e. The summed E-state index contributed by atoms with van der Waals surface area (Å²) in [5.41, 5.74) is 0. The Labute approximate surface area is 69.2 Å². The van der Waals surface area contributed by atoms with E-state index in [0.29, 0.717) is 0 Å². The topological polar surface area (TPSA) is 65.0 Å². The van der Waals surface area contributed by atoms with Crippen LogP contribution in [0.5, 0.6) is 0 Å². The zero-order chi connectivity index (χ0) is 8.72. The average molecular weight is 174 g/mol. The molecule has 1 N–H and O–H groups in total. The molecule has 0 radical (unpaired) electrons. The molecule has 5 heteroatoms. The number of hydrogen-bond donors (Lipinski definition) is 1. The van der Waals surface area contributed by atoms with Crippen LogP contribution >= 0.6 is 0 Å². The lowest BCUT2D eigenvalue weighted by molar-refractivity contribution is -0.0366. The first-order valence-corrected chi connectivity index (χ1v) is 3.86. The number of carbonyl (C=O) groups excluding carboxylic acids is 1. The van der Waals surface area contributed by atoms with E-state index in [9.17, 15) is 4.79 Å². The molecular weight excluding hydrogens is 164 g/mol. The Kier molecular flexibility index (Phi) is 1.69. The molecule has 0 aliphatic carbocycles. The highest BCUT2D eigenvalue weighted by molar-refractivity contribution is 5.63. The van der Waals surface area contributed by atoms with E-state index in [4.69, 9.17) is 19.3 Å². The van der Waals surface area contributed by atoms with E-state index >= 15 is 0 Å². The predicted octanol–water partition coefficient (Wildman–Crippen LogP) is -0.330. The largest absolute Gasteiger partial charge is 0.509 e. The first kappa shape index (κ1) is 7.82. The zero-order valence-electron chi connectivity index (χ0n) is 6.60. The lowest BCUT2D eigenvalue weighted by atomic mass is 10.1. The van der Waals surface area contributed by atoms with Crippen LogP contribution in [0, 0.1) is 0 Å². The molecule has 68 valence electrons. The molecule has 0 aromatic carbocycles. The van der Waals surface area contributed by atoms with Crippen LogP contribution in [0.4, 0.5) is 4.79 Å². The van der Waals surface area contributed by atoms with E-state index in [2.05, 4.69) is 0 Å². The molecule has 2 rings (SSSR count). The Bertz CT molecular complexity index is 204. The van der Waals surface area contributed by atoms with Gasteiger partial charge >= 0.3 is 6.16 Å². The van der Waals surface area contributed by atoms with E-state index in [-0.39, 0.29) is 18.8 Å². The van der Waals surface area contributed by atoms with Crippen LogP contribution in [0.1, 0.15) is 6.92 Å². The number of rotatable bonds is 1. The van der Waals surface area contributed by atoms with Crippen molar-refractivity contribution in [1.29, 1.82) is 0 Å². The quantitative estimate of drug-likeness (QED) is 0.551. The molecule has 0 aromatic heterocycles. The van der Waals surface area contributed by atoms with Crippen LogP contribution in [0.25, 0.3) is 0 Å².